The molecule has 2 aromatic carbocycles. The second-order valence-electron chi connectivity index (χ2n) is 10.4. The van der Waals surface area contributed by atoms with Gasteiger partial charge < -0.3 is 4.74 Å². The smallest absolute Gasteiger partial charge is 0.172 e. The number of rotatable bonds is 10. The summed E-state index contributed by atoms with van der Waals surface area (Å²) in [5.74, 6) is 3.51. The number of unbranched alkanes of at least 4 members (excludes halogenated alkanes) is 4. The molecule has 1 nitrogen and oxygen atoms in total. The van der Waals surface area contributed by atoms with Gasteiger partial charge in [0.15, 0.2) is 11.6 Å². The maximum atomic E-state index is 14.8. The Labute approximate surface area is 194 Å². The summed E-state index contributed by atoms with van der Waals surface area (Å²) < 4.78 is 20.3. The van der Waals surface area contributed by atoms with Crippen LogP contribution in [0.25, 0.3) is 10.8 Å². The number of benzene rings is 2. The normalized spacial score (nSPS) is 25.4. The van der Waals surface area contributed by atoms with Gasteiger partial charge in [0.2, 0.25) is 0 Å². The fourth-order valence-electron chi connectivity index (χ4n) is 6.39. The summed E-state index contributed by atoms with van der Waals surface area (Å²) in [6.07, 6.45) is 18.5. The standard InChI is InChI=1S/C30H41FO/c1-3-5-6-7-8-9-22-10-11-24-20-25(13-12-23(24)19-22)26-14-16-28-27(21-26)15-17-29(30(28)31)32-18-4-2/h4,14-17,21-25H,2-3,5-13,18-20H2,1H3/t22?,23-,24?,25-/m1/s1. The molecule has 0 aliphatic heterocycles. The molecular weight excluding hydrogens is 395 g/mol. The maximum absolute atomic E-state index is 14.8. The van der Waals surface area contributed by atoms with Crippen molar-refractivity contribution >= 4 is 10.8 Å². The van der Waals surface area contributed by atoms with Crippen molar-refractivity contribution in [2.75, 3.05) is 6.61 Å². The molecule has 0 saturated heterocycles. The van der Waals surface area contributed by atoms with E-state index in [1.165, 1.54) is 82.6 Å². The maximum Gasteiger partial charge on any atom is 0.172 e. The third-order valence-electron chi connectivity index (χ3n) is 8.21. The topological polar surface area (TPSA) is 9.23 Å². The second-order valence-corrected chi connectivity index (χ2v) is 10.4. The van der Waals surface area contributed by atoms with Crippen LogP contribution in [-0.4, -0.2) is 6.61 Å². The summed E-state index contributed by atoms with van der Waals surface area (Å²) in [5, 5.41) is 1.64. The van der Waals surface area contributed by atoms with Crippen molar-refractivity contribution in [2.24, 2.45) is 17.8 Å². The number of halogens is 1. The van der Waals surface area contributed by atoms with Gasteiger partial charge in [0.1, 0.15) is 6.61 Å². The first-order chi connectivity index (χ1) is 15.7. The highest BCUT2D eigenvalue weighted by Crippen LogP contribution is 2.48. The Balaban J connectivity index is 1.34. The van der Waals surface area contributed by atoms with Crippen LogP contribution in [0.5, 0.6) is 5.75 Å². The molecule has 0 spiro atoms. The van der Waals surface area contributed by atoms with Crippen LogP contribution in [-0.2, 0) is 0 Å². The van der Waals surface area contributed by atoms with Gasteiger partial charge in [0.05, 0.1) is 0 Å². The number of hydrogen-bond acceptors (Lipinski definition) is 1. The summed E-state index contributed by atoms with van der Waals surface area (Å²) in [5.41, 5.74) is 1.40. The van der Waals surface area contributed by atoms with Crippen LogP contribution in [0.1, 0.15) is 95.5 Å². The lowest BCUT2D eigenvalue weighted by atomic mass is 9.63. The molecule has 2 heteroatoms. The predicted molar refractivity (Wildman–Crippen MR) is 134 cm³/mol. The molecule has 2 aliphatic rings. The van der Waals surface area contributed by atoms with Crippen LogP contribution in [0.4, 0.5) is 4.39 Å². The molecule has 0 radical (unpaired) electrons. The Morgan fingerprint density at radius 1 is 0.969 bits per heavy atom. The average Bonchev–Trinajstić information content (AvgIpc) is 2.83. The largest absolute Gasteiger partial charge is 0.486 e. The van der Waals surface area contributed by atoms with Crippen LogP contribution in [0.3, 0.4) is 0 Å². The molecule has 0 bridgehead atoms. The van der Waals surface area contributed by atoms with E-state index >= 15 is 0 Å². The fraction of sp³-hybridized carbons (Fsp3) is 0.600. The minimum atomic E-state index is -0.257. The second kappa shape index (κ2) is 11.3. The summed E-state index contributed by atoms with van der Waals surface area (Å²) in [6, 6.07) is 10.1. The molecular formula is C30H41FO. The zero-order valence-corrected chi connectivity index (χ0v) is 20.0. The highest BCUT2D eigenvalue weighted by molar-refractivity contribution is 5.85. The van der Waals surface area contributed by atoms with Gasteiger partial charge in [-0.15, -0.1) is 0 Å². The van der Waals surface area contributed by atoms with E-state index in [0.29, 0.717) is 23.7 Å². The van der Waals surface area contributed by atoms with Gasteiger partial charge in [0.25, 0.3) is 0 Å². The minimum Gasteiger partial charge on any atom is -0.486 e. The lowest BCUT2D eigenvalue weighted by Gasteiger charge is -2.42. The molecule has 2 fully saturated rings. The van der Waals surface area contributed by atoms with E-state index in [4.69, 9.17) is 4.74 Å². The third-order valence-corrected chi connectivity index (χ3v) is 8.21. The molecule has 0 amide bonds. The van der Waals surface area contributed by atoms with Gasteiger partial charge >= 0.3 is 0 Å². The van der Waals surface area contributed by atoms with Crippen molar-refractivity contribution in [1.29, 1.82) is 0 Å². The van der Waals surface area contributed by atoms with Gasteiger partial charge in [-0.1, -0.05) is 88.8 Å². The summed E-state index contributed by atoms with van der Waals surface area (Å²) in [6.45, 7) is 6.26. The Bertz CT molecular complexity index is 888. The quantitative estimate of drug-likeness (QED) is 0.266. The van der Waals surface area contributed by atoms with E-state index in [0.717, 1.165) is 23.1 Å². The summed E-state index contributed by atoms with van der Waals surface area (Å²) in [4.78, 5) is 0. The van der Waals surface area contributed by atoms with Crippen LogP contribution >= 0.6 is 0 Å². The molecule has 0 heterocycles. The number of hydrogen-bond donors (Lipinski definition) is 0. The van der Waals surface area contributed by atoms with Gasteiger partial charge in [-0.05, 0) is 72.8 Å². The molecule has 2 saturated carbocycles. The van der Waals surface area contributed by atoms with Gasteiger partial charge in [-0.25, -0.2) is 4.39 Å². The monoisotopic (exact) mass is 436 g/mol. The predicted octanol–water partition coefficient (Wildman–Crippen LogP) is 9.20. The molecule has 32 heavy (non-hydrogen) atoms. The Hall–Kier alpha value is -1.83. The Kier molecular flexibility index (Phi) is 8.27. The first-order valence-corrected chi connectivity index (χ1v) is 13.2. The SMILES string of the molecule is C=CCOc1ccc2cc([C@@H]3CC[C@@H]4CC(CCCCCCC)CCC4C3)ccc2c1F. The van der Waals surface area contributed by atoms with Gasteiger partial charge in [-0.2, -0.15) is 0 Å². The number of ether oxygens (including phenoxy) is 1. The highest BCUT2D eigenvalue weighted by atomic mass is 19.1. The van der Waals surface area contributed by atoms with Crippen molar-refractivity contribution in [1.82, 2.24) is 0 Å². The van der Waals surface area contributed by atoms with E-state index in [2.05, 4.69) is 25.6 Å². The van der Waals surface area contributed by atoms with Crippen molar-refractivity contribution in [2.45, 2.75) is 89.9 Å². The molecule has 174 valence electrons. The van der Waals surface area contributed by atoms with Gasteiger partial charge in [-0.3, -0.25) is 0 Å². The molecule has 4 rings (SSSR count). The zero-order valence-electron chi connectivity index (χ0n) is 20.0. The van der Waals surface area contributed by atoms with Crippen LogP contribution < -0.4 is 4.74 Å². The molecule has 0 N–H and O–H groups in total. The Morgan fingerprint density at radius 2 is 1.78 bits per heavy atom. The fourth-order valence-corrected chi connectivity index (χ4v) is 6.39. The van der Waals surface area contributed by atoms with E-state index in [-0.39, 0.29) is 5.82 Å². The molecule has 2 unspecified atom stereocenters. The zero-order chi connectivity index (χ0) is 22.3. The van der Waals surface area contributed by atoms with Crippen molar-refractivity contribution < 1.29 is 9.13 Å². The highest BCUT2D eigenvalue weighted by Gasteiger charge is 2.35. The first-order valence-electron chi connectivity index (χ1n) is 13.2. The van der Waals surface area contributed by atoms with Crippen LogP contribution in [0, 0.1) is 23.6 Å². The third kappa shape index (κ3) is 5.56. The number of fused-ring (bicyclic) bond motifs is 2. The minimum absolute atomic E-state index is 0.257. The van der Waals surface area contributed by atoms with Crippen molar-refractivity contribution in [3.63, 3.8) is 0 Å². The van der Waals surface area contributed by atoms with Crippen LogP contribution in [0.2, 0.25) is 0 Å². The van der Waals surface area contributed by atoms with E-state index in [1.807, 2.05) is 12.1 Å². The lowest BCUT2D eigenvalue weighted by molar-refractivity contribution is 0.113. The Morgan fingerprint density at radius 3 is 2.62 bits per heavy atom. The van der Waals surface area contributed by atoms with Crippen molar-refractivity contribution in [3.8, 4) is 5.75 Å². The summed E-state index contributed by atoms with van der Waals surface area (Å²) >= 11 is 0. The first kappa shape index (κ1) is 23.3. The summed E-state index contributed by atoms with van der Waals surface area (Å²) in [7, 11) is 0. The molecule has 2 aliphatic carbocycles. The molecule has 0 aromatic heterocycles. The van der Waals surface area contributed by atoms with E-state index in [9.17, 15) is 4.39 Å². The molecule has 2 aromatic rings. The van der Waals surface area contributed by atoms with Gasteiger partial charge in [0, 0.05) is 5.39 Å². The average molecular weight is 437 g/mol. The van der Waals surface area contributed by atoms with E-state index < -0.39 is 0 Å². The van der Waals surface area contributed by atoms with E-state index in [1.54, 1.807) is 12.1 Å². The lowest BCUT2D eigenvalue weighted by Crippen LogP contribution is -2.30. The molecule has 4 atom stereocenters. The van der Waals surface area contributed by atoms with Crippen LogP contribution in [0.15, 0.2) is 43.0 Å². The van der Waals surface area contributed by atoms with Crippen molar-refractivity contribution in [3.05, 3.63) is 54.4 Å².